The molecule has 2 N–H and O–H groups in total. The van der Waals surface area contributed by atoms with Gasteiger partial charge in [0.05, 0.1) is 11.7 Å². The third-order valence-corrected chi connectivity index (χ3v) is 2.02. The fraction of sp³-hybridized carbons (Fsp3) is 0.556. The lowest BCUT2D eigenvalue weighted by Crippen LogP contribution is -2.34. The number of rotatable bonds is 1. The Hall–Kier alpha value is -0.600. The third kappa shape index (κ3) is 1.91. The molecule has 0 bridgehead atoms. The van der Waals surface area contributed by atoms with Gasteiger partial charge in [-0.15, -0.1) is 6.58 Å². The van der Waals surface area contributed by atoms with E-state index in [1.807, 2.05) is 0 Å². The lowest BCUT2D eigenvalue weighted by Gasteiger charge is -2.30. The largest absolute Gasteiger partial charge is 0.392 e. The average molecular weight is 154 g/mol. The van der Waals surface area contributed by atoms with Gasteiger partial charge in [-0.25, -0.2) is 0 Å². The summed E-state index contributed by atoms with van der Waals surface area (Å²) in [5, 5.41) is 18.9. The van der Waals surface area contributed by atoms with Crippen LogP contribution in [0.1, 0.15) is 13.3 Å². The van der Waals surface area contributed by atoms with Crippen LogP contribution in [0, 0.1) is 5.92 Å². The summed E-state index contributed by atoms with van der Waals surface area (Å²) in [6.07, 6.45) is 5.09. The van der Waals surface area contributed by atoms with Crippen LogP contribution < -0.4 is 0 Å². The van der Waals surface area contributed by atoms with E-state index in [2.05, 4.69) is 6.58 Å². The molecule has 1 rings (SSSR count). The molecule has 0 unspecified atom stereocenters. The monoisotopic (exact) mass is 154 g/mol. The van der Waals surface area contributed by atoms with Crippen molar-refractivity contribution in [2.45, 2.75) is 25.0 Å². The fourth-order valence-corrected chi connectivity index (χ4v) is 1.31. The van der Waals surface area contributed by atoms with E-state index >= 15 is 0 Å². The van der Waals surface area contributed by atoms with Crippen molar-refractivity contribution in [2.75, 3.05) is 0 Å². The molecule has 0 saturated heterocycles. The van der Waals surface area contributed by atoms with Gasteiger partial charge >= 0.3 is 0 Å². The molecule has 0 spiro atoms. The lowest BCUT2D eigenvalue weighted by molar-refractivity contribution is 0.0199. The summed E-state index contributed by atoms with van der Waals surface area (Å²) in [5.41, 5.74) is -0.848. The molecule has 62 valence electrons. The molecule has 2 nitrogen and oxygen atoms in total. The van der Waals surface area contributed by atoms with Crippen molar-refractivity contribution < 1.29 is 10.2 Å². The molecule has 0 fully saturated rings. The molecule has 0 radical (unpaired) electrons. The molecule has 1 aliphatic rings. The van der Waals surface area contributed by atoms with Crippen LogP contribution in [0.5, 0.6) is 0 Å². The van der Waals surface area contributed by atoms with E-state index in [1.54, 1.807) is 25.2 Å². The summed E-state index contributed by atoms with van der Waals surface area (Å²) in [6.45, 7) is 5.28. The van der Waals surface area contributed by atoms with E-state index in [-0.39, 0.29) is 5.92 Å². The van der Waals surface area contributed by atoms with Gasteiger partial charge in [-0.3, -0.25) is 0 Å². The first kappa shape index (κ1) is 8.50. The summed E-state index contributed by atoms with van der Waals surface area (Å²) in [6, 6.07) is 0. The Kier molecular flexibility index (Phi) is 2.16. The van der Waals surface area contributed by atoms with Gasteiger partial charge in [-0.05, 0) is 6.92 Å². The zero-order chi connectivity index (χ0) is 8.48. The molecule has 2 heteroatoms. The predicted molar refractivity (Wildman–Crippen MR) is 44.1 cm³/mol. The molecule has 3 atom stereocenters. The van der Waals surface area contributed by atoms with Gasteiger partial charge in [0, 0.05) is 12.3 Å². The Morgan fingerprint density at radius 1 is 1.73 bits per heavy atom. The summed E-state index contributed by atoms with van der Waals surface area (Å²) < 4.78 is 0. The van der Waals surface area contributed by atoms with Crippen molar-refractivity contribution in [1.82, 2.24) is 0 Å². The van der Waals surface area contributed by atoms with E-state index in [4.69, 9.17) is 0 Å². The Bertz CT molecular complexity index is 182. The van der Waals surface area contributed by atoms with Crippen LogP contribution in [0.2, 0.25) is 0 Å². The topological polar surface area (TPSA) is 40.5 Å². The normalized spacial score (nSPS) is 43.9. The number of hydrogen-bond donors (Lipinski definition) is 2. The van der Waals surface area contributed by atoms with E-state index in [0.29, 0.717) is 6.42 Å². The van der Waals surface area contributed by atoms with Gasteiger partial charge in [-0.1, -0.05) is 18.2 Å². The lowest BCUT2D eigenvalue weighted by atomic mass is 9.84. The van der Waals surface area contributed by atoms with Gasteiger partial charge in [0.2, 0.25) is 0 Å². The maximum atomic E-state index is 9.48. The molecule has 0 aromatic carbocycles. The van der Waals surface area contributed by atoms with Crippen molar-refractivity contribution >= 4 is 0 Å². The number of hydrogen-bond acceptors (Lipinski definition) is 2. The smallest absolute Gasteiger partial charge is 0.0824 e. The van der Waals surface area contributed by atoms with Crippen molar-refractivity contribution in [2.24, 2.45) is 5.92 Å². The Morgan fingerprint density at radius 2 is 2.36 bits per heavy atom. The Morgan fingerprint density at radius 3 is 2.82 bits per heavy atom. The summed E-state index contributed by atoms with van der Waals surface area (Å²) in [7, 11) is 0. The minimum absolute atomic E-state index is 0.00442. The quantitative estimate of drug-likeness (QED) is 0.550. The first-order valence-corrected chi connectivity index (χ1v) is 3.77. The van der Waals surface area contributed by atoms with Crippen molar-refractivity contribution in [3.05, 3.63) is 24.8 Å². The van der Waals surface area contributed by atoms with E-state index in [9.17, 15) is 10.2 Å². The highest BCUT2D eigenvalue weighted by Crippen LogP contribution is 2.26. The first-order valence-electron chi connectivity index (χ1n) is 3.77. The van der Waals surface area contributed by atoms with Crippen LogP contribution in [0.3, 0.4) is 0 Å². The van der Waals surface area contributed by atoms with Gasteiger partial charge < -0.3 is 10.2 Å². The SMILES string of the molecule is C=C[C@H]1C=C[C@](C)(O)C[C@H]1O. The number of aliphatic hydroxyl groups excluding tert-OH is 1. The highest BCUT2D eigenvalue weighted by atomic mass is 16.3. The second-order valence-electron chi connectivity index (χ2n) is 3.30. The molecule has 0 heterocycles. The highest BCUT2D eigenvalue weighted by molar-refractivity contribution is 5.12. The second-order valence-corrected chi connectivity index (χ2v) is 3.30. The zero-order valence-electron chi connectivity index (χ0n) is 6.70. The van der Waals surface area contributed by atoms with E-state index in [0.717, 1.165) is 0 Å². The van der Waals surface area contributed by atoms with Gasteiger partial charge in [0.25, 0.3) is 0 Å². The van der Waals surface area contributed by atoms with Gasteiger partial charge in [0.1, 0.15) is 0 Å². The zero-order valence-corrected chi connectivity index (χ0v) is 6.70. The minimum Gasteiger partial charge on any atom is -0.392 e. The maximum Gasteiger partial charge on any atom is 0.0824 e. The van der Waals surface area contributed by atoms with Gasteiger partial charge in [0.15, 0.2) is 0 Å². The molecule has 0 amide bonds. The molecule has 0 aliphatic heterocycles. The van der Waals surface area contributed by atoms with E-state index < -0.39 is 11.7 Å². The van der Waals surface area contributed by atoms with Crippen LogP contribution in [-0.4, -0.2) is 21.9 Å². The maximum absolute atomic E-state index is 9.48. The molecule has 0 aromatic rings. The molecule has 11 heavy (non-hydrogen) atoms. The summed E-state index contributed by atoms with van der Waals surface area (Å²) in [4.78, 5) is 0. The van der Waals surface area contributed by atoms with Crippen LogP contribution in [0.25, 0.3) is 0 Å². The van der Waals surface area contributed by atoms with E-state index in [1.165, 1.54) is 0 Å². The fourth-order valence-electron chi connectivity index (χ4n) is 1.31. The predicted octanol–water partition coefficient (Wildman–Crippen LogP) is 0.860. The molecule has 0 aromatic heterocycles. The number of aliphatic hydroxyl groups is 2. The van der Waals surface area contributed by atoms with Crippen LogP contribution in [0.15, 0.2) is 24.8 Å². The molecular formula is C9H14O2. The molecular weight excluding hydrogens is 140 g/mol. The first-order chi connectivity index (χ1) is 5.05. The second kappa shape index (κ2) is 2.80. The third-order valence-electron chi connectivity index (χ3n) is 2.02. The Labute approximate surface area is 66.9 Å². The average Bonchev–Trinajstić information content (AvgIpc) is 1.86. The summed E-state index contributed by atoms with van der Waals surface area (Å²) in [5.74, 6) is -0.00442. The summed E-state index contributed by atoms with van der Waals surface area (Å²) >= 11 is 0. The minimum atomic E-state index is -0.848. The standard InChI is InChI=1S/C9H14O2/c1-3-7-4-5-9(2,11)6-8(7)10/h3-5,7-8,10-11H,1,6H2,2H3/t7-,8+,9-/m0/s1. The van der Waals surface area contributed by atoms with Crippen LogP contribution in [0.4, 0.5) is 0 Å². The van der Waals surface area contributed by atoms with Crippen LogP contribution >= 0.6 is 0 Å². The van der Waals surface area contributed by atoms with Gasteiger partial charge in [-0.2, -0.15) is 0 Å². The Balaban J connectivity index is 2.74. The molecule has 0 saturated carbocycles. The van der Waals surface area contributed by atoms with Crippen molar-refractivity contribution in [3.63, 3.8) is 0 Å². The van der Waals surface area contributed by atoms with Crippen molar-refractivity contribution in [3.8, 4) is 0 Å². The highest BCUT2D eigenvalue weighted by Gasteiger charge is 2.29. The molecule has 1 aliphatic carbocycles. The van der Waals surface area contributed by atoms with Crippen LogP contribution in [-0.2, 0) is 0 Å². The van der Waals surface area contributed by atoms with Crippen molar-refractivity contribution in [1.29, 1.82) is 0 Å².